The van der Waals surface area contributed by atoms with Crippen molar-refractivity contribution < 1.29 is 4.39 Å². The fourth-order valence-electron chi connectivity index (χ4n) is 1.67. The van der Waals surface area contributed by atoms with Crippen molar-refractivity contribution in [3.05, 3.63) is 53.6 Å². The number of hydrogen-bond acceptors (Lipinski definition) is 4. The summed E-state index contributed by atoms with van der Waals surface area (Å²) in [6, 6.07) is 8.22. The van der Waals surface area contributed by atoms with Crippen molar-refractivity contribution in [3.8, 4) is 6.07 Å². The van der Waals surface area contributed by atoms with E-state index in [1.165, 1.54) is 24.5 Å². The molecule has 0 spiro atoms. The van der Waals surface area contributed by atoms with Gasteiger partial charge in [-0.1, -0.05) is 12.1 Å². The Morgan fingerprint density at radius 1 is 1.16 bits per heavy atom. The molecule has 0 saturated carbocycles. The summed E-state index contributed by atoms with van der Waals surface area (Å²) in [7, 11) is 0. The normalized spacial score (nSPS) is 10.8. The molecule has 1 aromatic heterocycles. The molecule has 4 nitrogen and oxygen atoms in total. The standard InChI is InChI=1S/C14H13FN4/c1-14(2,11-3-5-12(15)6-4-11)19-13-17-8-10(7-16)9-18-13/h3-6,8-9H,1-2H3,(H,17,18,19). The Morgan fingerprint density at radius 2 is 1.74 bits per heavy atom. The molecule has 5 heteroatoms. The Bertz CT molecular complexity index is 597. The maximum atomic E-state index is 12.9. The summed E-state index contributed by atoms with van der Waals surface area (Å²) in [5.41, 5.74) is 0.883. The van der Waals surface area contributed by atoms with Crippen LogP contribution < -0.4 is 5.32 Å². The Kier molecular flexibility index (Phi) is 3.43. The summed E-state index contributed by atoms with van der Waals surface area (Å²) in [5, 5.41) is 11.8. The Hall–Kier alpha value is -2.48. The van der Waals surface area contributed by atoms with Crippen LogP contribution in [0.2, 0.25) is 0 Å². The van der Waals surface area contributed by atoms with E-state index in [1.807, 2.05) is 19.9 Å². The first kappa shape index (κ1) is 13.0. The van der Waals surface area contributed by atoms with Crippen LogP contribution in [0, 0.1) is 17.1 Å². The van der Waals surface area contributed by atoms with E-state index >= 15 is 0 Å². The lowest BCUT2D eigenvalue weighted by atomic mass is 9.94. The van der Waals surface area contributed by atoms with E-state index in [2.05, 4.69) is 15.3 Å². The molecule has 0 atom stereocenters. The molecule has 96 valence electrons. The van der Waals surface area contributed by atoms with Gasteiger partial charge in [0.25, 0.3) is 0 Å². The van der Waals surface area contributed by atoms with Crippen LogP contribution in [0.5, 0.6) is 0 Å². The molecule has 0 aliphatic rings. The fraction of sp³-hybridized carbons (Fsp3) is 0.214. The lowest BCUT2D eigenvalue weighted by molar-refractivity contribution is 0.592. The summed E-state index contributed by atoms with van der Waals surface area (Å²) in [5.74, 6) is 0.155. The maximum absolute atomic E-state index is 12.9. The second kappa shape index (κ2) is 5.02. The second-order valence-corrected chi connectivity index (χ2v) is 4.66. The minimum absolute atomic E-state index is 0.269. The average Bonchev–Trinajstić information content (AvgIpc) is 2.40. The van der Waals surface area contributed by atoms with Crippen LogP contribution in [0.1, 0.15) is 25.0 Å². The van der Waals surface area contributed by atoms with Crippen molar-refractivity contribution in [2.45, 2.75) is 19.4 Å². The predicted octanol–water partition coefficient (Wildman–Crippen LogP) is 2.83. The van der Waals surface area contributed by atoms with Crippen LogP contribution in [0.3, 0.4) is 0 Å². The van der Waals surface area contributed by atoms with Gasteiger partial charge in [0, 0.05) is 0 Å². The summed E-state index contributed by atoms with van der Waals surface area (Å²) in [6.45, 7) is 3.89. The number of rotatable bonds is 3. The zero-order valence-corrected chi connectivity index (χ0v) is 10.7. The van der Waals surface area contributed by atoms with Gasteiger partial charge in [0.2, 0.25) is 5.95 Å². The van der Waals surface area contributed by atoms with E-state index in [1.54, 1.807) is 12.1 Å². The van der Waals surface area contributed by atoms with Gasteiger partial charge in [0.15, 0.2) is 0 Å². The van der Waals surface area contributed by atoms with E-state index in [0.29, 0.717) is 11.5 Å². The van der Waals surface area contributed by atoms with Gasteiger partial charge >= 0.3 is 0 Å². The molecule has 19 heavy (non-hydrogen) atoms. The van der Waals surface area contributed by atoms with E-state index < -0.39 is 5.54 Å². The molecule has 0 radical (unpaired) electrons. The van der Waals surface area contributed by atoms with Crippen LogP contribution in [0.4, 0.5) is 10.3 Å². The minimum atomic E-state index is -0.443. The van der Waals surface area contributed by atoms with Gasteiger partial charge in [-0.2, -0.15) is 5.26 Å². The van der Waals surface area contributed by atoms with E-state index in [9.17, 15) is 4.39 Å². The van der Waals surface area contributed by atoms with Crippen molar-refractivity contribution in [1.82, 2.24) is 9.97 Å². The van der Waals surface area contributed by atoms with E-state index in [4.69, 9.17) is 5.26 Å². The molecular weight excluding hydrogens is 243 g/mol. The Labute approximate surface area is 110 Å². The lowest BCUT2D eigenvalue weighted by Gasteiger charge is -2.26. The molecule has 0 bridgehead atoms. The van der Waals surface area contributed by atoms with Crippen molar-refractivity contribution in [1.29, 1.82) is 5.26 Å². The summed E-state index contributed by atoms with van der Waals surface area (Å²) in [4.78, 5) is 8.12. The van der Waals surface area contributed by atoms with Crippen molar-refractivity contribution >= 4 is 5.95 Å². The predicted molar refractivity (Wildman–Crippen MR) is 69.8 cm³/mol. The van der Waals surface area contributed by atoms with E-state index in [0.717, 1.165) is 5.56 Å². The molecule has 2 aromatic rings. The monoisotopic (exact) mass is 256 g/mol. The molecular formula is C14H13FN4. The third kappa shape index (κ3) is 3.05. The topological polar surface area (TPSA) is 61.6 Å². The Balaban J connectivity index is 2.20. The number of nitrogens with zero attached hydrogens (tertiary/aromatic N) is 3. The minimum Gasteiger partial charge on any atom is -0.345 e. The number of benzene rings is 1. The number of nitrogens with one attached hydrogen (secondary N) is 1. The average molecular weight is 256 g/mol. The SMILES string of the molecule is CC(C)(Nc1ncc(C#N)cn1)c1ccc(F)cc1. The van der Waals surface area contributed by atoms with Gasteiger partial charge in [-0.25, -0.2) is 14.4 Å². The van der Waals surface area contributed by atoms with Gasteiger partial charge in [0.05, 0.1) is 23.5 Å². The van der Waals surface area contributed by atoms with Crippen molar-refractivity contribution in [2.75, 3.05) is 5.32 Å². The molecule has 1 heterocycles. The van der Waals surface area contributed by atoms with Crippen LogP contribution >= 0.6 is 0 Å². The molecule has 0 saturated heterocycles. The summed E-state index contributed by atoms with van der Waals surface area (Å²) >= 11 is 0. The molecule has 2 rings (SSSR count). The van der Waals surface area contributed by atoms with Crippen molar-refractivity contribution in [3.63, 3.8) is 0 Å². The first-order valence-corrected chi connectivity index (χ1v) is 5.77. The van der Waals surface area contributed by atoms with Crippen LogP contribution in [-0.4, -0.2) is 9.97 Å². The number of aromatic nitrogens is 2. The maximum Gasteiger partial charge on any atom is 0.223 e. The highest BCUT2D eigenvalue weighted by Gasteiger charge is 2.21. The third-order valence-corrected chi connectivity index (χ3v) is 2.77. The molecule has 1 aromatic carbocycles. The number of nitriles is 1. The van der Waals surface area contributed by atoms with Gasteiger partial charge in [-0.05, 0) is 31.5 Å². The van der Waals surface area contributed by atoms with Crippen molar-refractivity contribution in [2.24, 2.45) is 0 Å². The molecule has 1 N–H and O–H groups in total. The zero-order valence-electron chi connectivity index (χ0n) is 10.7. The highest BCUT2D eigenvalue weighted by Crippen LogP contribution is 2.23. The van der Waals surface area contributed by atoms with Crippen LogP contribution in [0.25, 0.3) is 0 Å². The second-order valence-electron chi connectivity index (χ2n) is 4.66. The zero-order chi connectivity index (χ0) is 13.9. The molecule has 0 aliphatic heterocycles. The Morgan fingerprint density at radius 3 is 2.26 bits per heavy atom. The van der Waals surface area contributed by atoms with Gasteiger partial charge in [-0.15, -0.1) is 0 Å². The lowest BCUT2D eigenvalue weighted by Crippen LogP contribution is -2.29. The molecule has 0 aliphatic carbocycles. The van der Waals surface area contributed by atoms with E-state index in [-0.39, 0.29) is 5.82 Å². The molecule has 0 amide bonds. The first-order valence-electron chi connectivity index (χ1n) is 5.77. The third-order valence-electron chi connectivity index (χ3n) is 2.77. The summed E-state index contributed by atoms with van der Waals surface area (Å²) < 4.78 is 12.9. The first-order chi connectivity index (χ1) is 9.01. The largest absolute Gasteiger partial charge is 0.345 e. The quantitative estimate of drug-likeness (QED) is 0.917. The van der Waals surface area contributed by atoms with Gasteiger partial charge in [0.1, 0.15) is 11.9 Å². The molecule has 0 unspecified atom stereocenters. The highest BCUT2D eigenvalue weighted by atomic mass is 19.1. The van der Waals surface area contributed by atoms with Gasteiger partial charge < -0.3 is 5.32 Å². The smallest absolute Gasteiger partial charge is 0.223 e. The van der Waals surface area contributed by atoms with Crippen LogP contribution in [0.15, 0.2) is 36.7 Å². The summed E-state index contributed by atoms with van der Waals surface area (Å²) in [6.07, 6.45) is 2.91. The number of halogens is 1. The highest BCUT2D eigenvalue weighted by molar-refractivity contribution is 5.37. The van der Waals surface area contributed by atoms with Gasteiger partial charge in [-0.3, -0.25) is 0 Å². The number of anilines is 1. The fourth-order valence-corrected chi connectivity index (χ4v) is 1.67. The molecule has 0 fully saturated rings. The van der Waals surface area contributed by atoms with Crippen LogP contribution in [-0.2, 0) is 5.54 Å². The number of hydrogen-bond donors (Lipinski definition) is 1.